The summed E-state index contributed by atoms with van der Waals surface area (Å²) >= 11 is 8.83. The number of thiocarbonyl (C=S) groups is 1. The van der Waals surface area contributed by atoms with Crippen molar-refractivity contribution >= 4 is 55.5 Å². The highest BCUT2D eigenvalue weighted by Gasteiger charge is 2.17. The van der Waals surface area contributed by atoms with Gasteiger partial charge in [0.15, 0.2) is 5.69 Å². The highest BCUT2D eigenvalue weighted by atomic mass is 79.9. The van der Waals surface area contributed by atoms with Gasteiger partial charge in [-0.2, -0.15) is 0 Å². The number of fused-ring (bicyclic) bond motifs is 1. The Morgan fingerprint density at radius 3 is 2.48 bits per heavy atom. The van der Waals surface area contributed by atoms with Crippen LogP contribution in [-0.2, 0) is 13.0 Å². The van der Waals surface area contributed by atoms with E-state index < -0.39 is 0 Å². The molecular weight excluding hydrogens is 472 g/mol. The second-order valence-electron chi connectivity index (χ2n) is 7.09. The lowest BCUT2D eigenvalue weighted by Crippen LogP contribution is -2.04. The maximum absolute atomic E-state index is 11.0. The molecule has 1 heterocycles. The molecular formula is C24H21BrN4OS. The molecule has 3 aromatic carbocycles. The fourth-order valence-corrected chi connectivity index (χ4v) is 3.91. The molecule has 0 spiro atoms. The van der Waals surface area contributed by atoms with Crippen molar-refractivity contribution in [2.75, 3.05) is 5.32 Å². The fraction of sp³-hybridized carbons (Fsp3) is 0.125. The van der Waals surface area contributed by atoms with Crippen molar-refractivity contribution in [3.8, 4) is 5.88 Å². The van der Waals surface area contributed by atoms with E-state index in [1.165, 1.54) is 5.56 Å². The Labute approximate surface area is 194 Å². The molecule has 5 nitrogen and oxygen atoms in total. The lowest BCUT2D eigenvalue weighted by Gasteiger charge is -2.07. The van der Waals surface area contributed by atoms with Gasteiger partial charge in [-0.15, -0.1) is 10.2 Å². The van der Waals surface area contributed by atoms with E-state index in [1.54, 1.807) is 0 Å². The van der Waals surface area contributed by atoms with Crippen LogP contribution in [0.5, 0.6) is 5.88 Å². The zero-order chi connectivity index (χ0) is 21.8. The predicted molar refractivity (Wildman–Crippen MR) is 133 cm³/mol. The van der Waals surface area contributed by atoms with Gasteiger partial charge in [0.25, 0.3) is 0 Å². The van der Waals surface area contributed by atoms with E-state index in [-0.39, 0.29) is 11.0 Å². The molecule has 7 heteroatoms. The van der Waals surface area contributed by atoms with Crippen molar-refractivity contribution in [2.24, 2.45) is 10.2 Å². The second-order valence-corrected chi connectivity index (χ2v) is 8.39. The predicted octanol–water partition coefficient (Wildman–Crippen LogP) is 7.20. The summed E-state index contributed by atoms with van der Waals surface area (Å²) in [7, 11) is 0. The Hall–Kier alpha value is -3.03. The number of aromatic nitrogens is 1. The van der Waals surface area contributed by atoms with E-state index in [2.05, 4.69) is 38.4 Å². The molecule has 0 fully saturated rings. The summed E-state index contributed by atoms with van der Waals surface area (Å²) < 4.78 is 2.72. The van der Waals surface area contributed by atoms with Gasteiger partial charge < -0.3 is 15.0 Å². The normalized spacial score (nSPS) is 11.3. The van der Waals surface area contributed by atoms with Crippen molar-refractivity contribution in [2.45, 2.75) is 19.9 Å². The number of nitrogens with zero attached hydrogens (tertiary/aromatic N) is 3. The first-order valence-corrected chi connectivity index (χ1v) is 11.1. The Morgan fingerprint density at radius 2 is 1.77 bits per heavy atom. The standard InChI is InChI=1S/C24H21BrN4OS/c1-2-16-8-11-19(12-9-16)26-24(31)28-27-22-20-14-18(25)10-13-21(20)29(23(22)30)15-17-6-4-3-5-7-17/h3-14,30H,2,15H2,1H3,(H,26,31). The fourth-order valence-electron chi connectivity index (χ4n) is 3.39. The maximum atomic E-state index is 11.0. The number of halogens is 1. The van der Waals surface area contributed by atoms with Crippen LogP contribution in [0.1, 0.15) is 18.1 Å². The summed E-state index contributed by atoms with van der Waals surface area (Å²) in [6.45, 7) is 2.63. The van der Waals surface area contributed by atoms with E-state index in [0.29, 0.717) is 12.2 Å². The van der Waals surface area contributed by atoms with Crippen molar-refractivity contribution in [1.29, 1.82) is 0 Å². The molecule has 1 aromatic heterocycles. The summed E-state index contributed by atoms with van der Waals surface area (Å²) in [6.07, 6.45) is 0.978. The minimum absolute atomic E-state index is 0.0517. The Morgan fingerprint density at radius 1 is 1.03 bits per heavy atom. The monoisotopic (exact) mass is 492 g/mol. The summed E-state index contributed by atoms with van der Waals surface area (Å²) in [5, 5.41) is 23.5. The molecule has 0 aliphatic rings. The topological polar surface area (TPSA) is 61.9 Å². The first-order valence-electron chi connectivity index (χ1n) is 9.91. The summed E-state index contributed by atoms with van der Waals surface area (Å²) in [5.41, 5.74) is 4.43. The van der Waals surface area contributed by atoms with Crippen LogP contribution in [0.2, 0.25) is 0 Å². The van der Waals surface area contributed by atoms with Crippen molar-refractivity contribution in [3.05, 3.63) is 88.4 Å². The minimum atomic E-state index is 0.0517. The van der Waals surface area contributed by atoms with Crippen LogP contribution < -0.4 is 5.32 Å². The number of anilines is 1. The number of rotatable bonds is 5. The third-order valence-electron chi connectivity index (χ3n) is 5.01. The molecule has 0 atom stereocenters. The third-order valence-corrected chi connectivity index (χ3v) is 5.69. The molecule has 0 saturated heterocycles. The van der Waals surface area contributed by atoms with Gasteiger partial charge in [0.2, 0.25) is 11.0 Å². The van der Waals surface area contributed by atoms with E-state index in [4.69, 9.17) is 12.2 Å². The largest absolute Gasteiger partial charge is 0.493 e. The van der Waals surface area contributed by atoms with Gasteiger partial charge in [0.1, 0.15) is 0 Å². The van der Waals surface area contributed by atoms with Crippen molar-refractivity contribution in [1.82, 2.24) is 4.57 Å². The summed E-state index contributed by atoms with van der Waals surface area (Å²) in [4.78, 5) is 0. The smallest absolute Gasteiger partial charge is 0.221 e. The van der Waals surface area contributed by atoms with Gasteiger partial charge in [-0.1, -0.05) is 65.3 Å². The van der Waals surface area contributed by atoms with Gasteiger partial charge in [0.05, 0.1) is 12.1 Å². The van der Waals surface area contributed by atoms with Crippen LogP contribution in [0, 0.1) is 0 Å². The SMILES string of the molecule is CCc1ccc(NC(=S)N=Nc2c(O)n(Cc3ccccc3)c3ccc(Br)cc23)cc1. The van der Waals surface area contributed by atoms with Crippen LogP contribution in [0.15, 0.2) is 87.5 Å². The van der Waals surface area contributed by atoms with Crippen LogP contribution in [0.3, 0.4) is 0 Å². The van der Waals surface area contributed by atoms with Crippen LogP contribution in [-0.4, -0.2) is 14.8 Å². The van der Waals surface area contributed by atoms with Gasteiger partial charge in [-0.3, -0.25) is 0 Å². The van der Waals surface area contributed by atoms with Gasteiger partial charge >= 0.3 is 0 Å². The molecule has 0 amide bonds. The number of aryl methyl sites for hydroxylation is 1. The Kier molecular flexibility index (Phi) is 6.44. The minimum Gasteiger partial charge on any atom is -0.493 e. The van der Waals surface area contributed by atoms with E-state index >= 15 is 0 Å². The molecule has 0 aliphatic heterocycles. The first-order chi connectivity index (χ1) is 15.0. The van der Waals surface area contributed by atoms with Gasteiger partial charge in [0, 0.05) is 15.5 Å². The highest BCUT2D eigenvalue weighted by Crippen LogP contribution is 2.40. The number of hydrogen-bond donors (Lipinski definition) is 2. The molecule has 156 valence electrons. The Balaban J connectivity index is 1.63. The number of hydrogen-bond acceptors (Lipinski definition) is 3. The summed E-state index contributed by atoms with van der Waals surface area (Å²) in [5.74, 6) is 0.0517. The third kappa shape index (κ3) is 4.84. The number of azo groups is 1. The average Bonchev–Trinajstić information content (AvgIpc) is 3.03. The van der Waals surface area contributed by atoms with Gasteiger partial charge in [-0.05, 0) is 60.1 Å². The number of benzene rings is 3. The lowest BCUT2D eigenvalue weighted by atomic mass is 10.1. The molecule has 4 rings (SSSR count). The van der Waals surface area contributed by atoms with Crippen LogP contribution in [0.25, 0.3) is 10.9 Å². The molecule has 0 saturated carbocycles. The quantitative estimate of drug-likeness (QED) is 0.228. The molecule has 31 heavy (non-hydrogen) atoms. The maximum Gasteiger partial charge on any atom is 0.221 e. The zero-order valence-corrected chi connectivity index (χ0v) is 19.3. The molecule has 0 radical (unpaired) electrons. The van der Waals surface area contributed by atoms with Crippen LogP contribution >= 0.6 is 28.1 Å². The molecule has 4 aromatic rings. The number of nitrogens with one attached hydrogen (secondary N) is 1. The van der Waals surface area contributed by atoms with E-state index in [0.717, 1.165) is 33.0 Å². The summed E-state index contributed by atoms with van der Waals surface area (Å²) in [6, 6.07) is 23.8. The molecule has 2 N–H and O–H groups in total. The average molecular weight is 493 g/mol. The molecule has 0 bridgehead atoms. The van der Waals surface area contributed by atoms with E-state index in [1.807, 2.05) is 77.4 Å². The lowest BCUT2D eigenvalue weighted by molar-refractivity contribution is 0.429. The van der Waals surface area contributed by atoms with Crippen molar-refractivity contribution < 1.29 is 5.11 Å². The van der Waals surface area contributed by atoms with Gasteiger partial charge in [-0.25, -0.2) is 0 Å². The highest BCUT2D eigenvalue weighted by molar-refractivity contribution is 9.10. The Bertz CT molecular complexity index is 1250. The first kappa shape index (κ1) is 21.2. The molecule has 0 aliphatic carbocycles. The zero-order valence-electron chi connectivity index (χ0n) is 16.9. The van der Waals surface area contributed by atoms with E-state index in [9.17, 15) is 5.11 Å². The molecule has 0 unspecified atom stereocenters. The number of aromatic hydroxyl groups is 1. The second kappa shape index (κ2) is 9.41. The van der Waals surface area contributed by atoms with Crippen molar-refractivity contribution in [3.63, 3.8) is 0 Å². The van der Waals surface area contributed by atoms with Crippen LogP contribution in [0.4, 0.5) is 11.4 Å².